The minimum Gasteiger partial charge on any atom is -0.391 e. The van der Waals surface area contributed by atoms with Crippen LogP contribution in [-0.2, 0) is 4.79 Å². The number of thiophene rings is 1. The summed E-state index contributed by atoms with van der Waals surface area (Å²) >= 11 is 1.55. The average molecular weight is 232 g/mol. The molecule has 0 aliphatic rings. The number of nitrogens with one attached hydrogen (secondary N) is 1. The number of carbonyl (C=O) groups excluding carboxylic acids is 1. The van der Waals surface area contributed by atoms with E-state index in [0.29, 0.717) is 0 Å². The summed E-state index contributed by atoms with van der Waals surface area (Å²) < 4.78 is 0. The first-order valence-electron chi connectivity index (χ1n) is 4.88. The highest BCUT2D eigenvalue weighted by Crippen LogP contribution is 2.30. The second-order valence-corrected chi connectivity index (χ2v) is 4.58. The third-order valence-corrected chi connectivity index (χ3v) is 3.08. The minimum atomic E-state index is -0.0619. The molecule has 4 heteroatoms. The van der Waals surface area contributed by atoms with Crippen LogP contribution >= 0.6 is 11.3 Å². The Balaban J connectivity index is 2.22. The third kappa shape index (κ3) is 2.41. The number of hydrogen-bond donors (Lipinski definition) is 2. The van der Waals surface area contributed by atoms with E-state index in [2.05, 4.69) is 5.32 Å². The molecule has 2 rings (SSSR count). The van der Waals surface area contributed by atoms with Crippen LogP contribution in [0.5, 0.6) is 0 Å². The molecule has 0 aliphatic carbocycles. The fourth-order valence-corrected chi connectivity index (χ4v) is 2.21. The first-order valence-corrected chi connectivity index (χ1v) is 5.70. The van der Waals surface area contributed by atoms with E-state index in [1.807, 2.05) is 36.4 Å². The summed E-state index contributed by atoms with van der Waals surface area (Å²) in [5, 5.41) is 3.53. The van der Waals surface area contributed by atoms with Crippen LogP contribution in [-0.4, -0.2) is 5.91 Å². The van der Waals surface area contributed by atoms with Gasteiger partial charge in [-0.1, -0.05) is 12.1 Å². The van der Waals surface area contributed by atoms with E-state index in [4.69, 9.17) is 5.73 Å². The van der Waals surface area contributed by atoms with E-state index in [0.717, 1.165) is 21.1 Å². The zero-order valence-corrected chi connectivity index (χ0v) is 9.67. The quantitative estimate of drug-likeness (QED) is 0.836. The van der Waals surface area contributed by atoms with Crippen molar-refractivity contribution >= 4 is 27.9 Å². The molecular formula is C12H12N2OS. The lowest BCUT2D eigenvalue weighted by atomic mass is 10.2. The van der Waals surface area contributed by atoms with E-state index in [1.165, 1.54) is 6.92 Å². The summed E-state index contributed by atoms with van der Waals surface area (Å²) in [6, 6.07) is 11.6. The largest absolute Gasteiger partial charge is 0.391 e. The molecule has 0 bridgehead atoms. The summed E-state index contributed by atoms with van der Waals surface area (Å²) in [6.45, 7) is 1.49. The molecule has 1 amide bonds. The van der Waals surface area contributed by atoms with Crippen molar-refractivity contribution in [3.63, 3.8) is 0 Å². The van der Waals surface area contributed by atoms with Crippen LogP contribution in [0.4, 0.5) is 10.7 Å². The van der Waals surface area contributed by atoms with Gasteiger partial charge in [-0.25, -0.2) is 0 Å². The van der Waals surface area contributed by atoms with Crippen LogP contribution in [0.3, 0.4) is 0 Å². The Labute approximate surface area is 97.9 Å². The van der Waals surface area contributed by atoms with Crippen molar-refractivity contribution in [1.29, 1.82) is 0 Å². The van der Waals surface area contributed by atoms with Crippen molar-refractivity contribution in [3.05, 3.63) is 36.4 Å². The summed E-state index contributed by atoms with van der Waals surface area (Å²) in [5.41, 5.74) is 7.59. The smallest absolute Gasteiger partial charge is 0.221 e. The van der Waals surface area contributed by atoms with E-state index in [1.54, 1.807) is 11.3 Å². The van der Waals surface area contributed by atoms with Gasteiger partial charge in [-0.3, -0.25) is 4.79 Å². The van der Waals surface area contributed by atoms with Gasteiger partial charge in [0.1, 0.15) is 0 Å². The molecule has 0 aliphatic heterocycles. The van der Waals surface area contributed by atoms with Crippen LogP contribution in [0.25, 0.3) is 10.4 Å². The molecule has 0 fully saturated rings. The average Bonchev–Trinajstić information content (AvgIpc) is 2.65. The predicted molar refractivity (Wildman–Crippen MR) is 68.5 cm³/mol. The predicted octanol–water partition coefficient (Wildman–Crippen LogP) is 2.96. The molecule has 0 radical (unpaired) electrons. The van der Waals surface area contributed by atoms with E-state index in [9.17, 15) is 4.79 Å². The minimum absolute atomic E-state index is 0.0619. The van der Waals surface area contributed by atoms with Gasteiger partial charge in [-0.15, -0.1) is 11.3 Å². The maximum absolute atomic E-state index is 10.8. The van der Waals surface area contributed by atoms with Crippen molar-refractivity contribution in [2.24, 2.45) is 0 Å². The maximum atomic E-state index is 10.8. The van der Waals surface area contributed by atoms with Gasteiger partial charge in [-0.2, -0.15) is 0 Å². The SMILES string of the molecule is CC(=O)Nc1ccc(-c2ccc(N)s2)cc1. The fourth-order valence-electron chi connectivity index (χ4n) is 1.43. The van der Waals surface area contributed by atoms with Crippen LogP contribution in [0, 0.1) is 0 Å². The number of anilines is 2. The number of hydrogen-bond acceptors (Lipinski definition) is 3. The van der Waals surface area contributed by atoms with Gasteiger partial charge >= 0.3 is 0 Å². The summed E-state index contributed by atoms with van der Waals surface area (Å²) in [6.07, 6.45) is 0. The first-order chi connectivity index (χ1) is 7.65. The van der Waals surface area contributed by atoms with Gasteiger partial charge in [0, 0.05) is 17.5 Å². The molecule has 2 aromatic rings. The molecule has 82 valence electrons. The van der Waals surface area contributed by atoms with Crippen LogP contribution in [0.1, 0.15) is 6.92 Å². The second kappa shape index (κ2) is 4.37. The molecule has 1 aromatic heterocycles. The van der Waals surface area contributed by atoms with Crippen LogP contribution in [0.15, 0.2) is 36.4 Å². The van der Waals surface area contributed by atoms with E-state index in [-0.39, 0.29) is 5.91 Å². The van der Waals surface area contributed by atoms with Gasteiger partial charge in [0.05, 0.1) is 5.00 Å². The molecule has 1 aromatic carbocycles. The number of nitrogens with two attached hydrogens (primary N) is 1. The highest BCUT2D eigenvalue weighted by molar-refractivity contribution is 7.19. The molecule has 3 N–H and O–H groups in total. The monoisotopic (exact) mass is 232 g/mol. The molecule has 0 saturated heterocycles. The molecule has 0 spiro atoms. The summed E-state index contributed by atoms with van der Waals surface area (Å²) in [7, 11) is 0. The Kier molecular flexibility index (Phi) is 2.92. The van der Waals surface area contributed by atoms with Crippen molar-refractivity contribution in [3.8, 4) is 10.4 Å². The van der Waals surface area contributed by atoms with Gasteiger partial charge in [0.2, 0.25) is 5.91 Å². The molecule has 0 atom stereocenters. The van der Waals surface area contributed by atoms with Crippen molar-refractivity contribution in [1.82, 2.24) is 0 Å². The first kappa shape index (κ1) is 10.7. The maximum Gasteiger partial charge on any atom is 0.221 e. The zero-order chi connectivity index (χ0) is 11.5. The Morgan fingerprint density at radius 3 is 2.38 bits per heavy atom. The highest BCUT2D eigenvalue weighted by Gasteiger charge is 2.01. The summed E-state index contributed by atoms with van der Waals surface area (Å²) in [5.74, 6) is -0.0619. The Morgan fingerprint density at radius 1 is 1.19 bits per heavy atom. The zero-order valence-electron chi connectivity index (χ0n) is 8.86. The fraction of sp³-hybridized carbons (Fsp3) is 0.0833. The third-order valence-electron chi connectivity index (χ3n) is 2.12. The van der Waals surface area contributed by atoms with Crippen molar-refractivity contribution < 1.29 is 4.79 Å². The normalized spacial score (nSPS) is 10.1. The Hall–Kier alpha value is -1.81. The van der Waals surface area contributed by atoms with Crippen molar-refractivity contribution in [2.75, 3.05) is 11.1 Å². The van der Waals surface area contributed by atoms with Crippen molar-refractivity contribution in [2.45, 2.75) is 6.92 Å². The lowest BCUT2D eigenvalue weighted by Crippen LogP contribution is -2.05. The van der Waals surface area contributed by atoms with Gasteiger partial charge in [0.15, 0.2) is 0 Å². The van der Waals surface area contributed by atoms with E-state index < -0.39 is 0 Å². The van der Waals surface area contributed by atoms with Gasteiger partial charge in [0.25, 0.3) is 0 Å². The number of carbonyl (C=O) groups is 1. The lowest BCUT2D eigenvalue weighted by Gasteiger charge is -2.02. The molecule has 1 heterocycles. The van der Waals surface area contributed by atoms with Crippen LogP contribution in [0.2, 0.25) is 0 Å². The Bertz CT molecular complexity index is 502. The number of amides is 1. The molecule has 3 nitrogen and oxygen atoms in total. The lowest BCUT2D eigenvalue weighted by molar-refractivity contribution is -0.114. The molecule has 16 heavy (non-hydrogen) atoms. The molecule has 0 saturated carbocycles. The van der Waals surface area contributed by atoms with Gasteiger partial charge in [-0.05, 0) is 29.8 Å². The van der Waals surface area contributed by atoms with E-state index >= 15 is 0 Å². The second-order valence-electron chi connectivity index (χ2n) is 3.46. The molecule has 0 unspecified atom stereocenters. The highest BCUT2D eigenvalue weighted by atomic mass is 32.1. The van der Waals surface area contributed by atoms with Gasteiger partial charge < -0.3 is 11.1 Å². The summed E-state index contributed by atoms with van der Waals surface area (Å²) in [4.78, 5) is 12.0. The Morgan fingerprint density at radius 2 is 1.88 bits per heavy atom. The van der Waals surface area contributed by atoms with Crippen LogP contribution < -0.4 is 11.1 Å². The number of nitrogen functional groups attached to an aromatic ring is 1. The molecular weight excluding hydrogens is 220 g/mol. The number of rotatable bonds is 2. The number of benzene rings is 1. The standard InChI is InChI=1S/C12H12N2OS/c1-8(15)14-10-4-2-9(3-5-10)11-6-7-12(13)16-11/h2-7H,13H2,1H3,(H,14,15). The topological polar surface area (TPSA) is 55.1 Å².